The highest BCUT2D eigenvalue weighted by Crippen LogP contribution is 2.26. The standard InChI is InChI=1S/C22H34N2O4/c1-26-20-6-7-21(27-2)18(16-20)17-22(25)24(19-8-14-28-15-9-19)13-12-23-10-4-3-5-11-23/h6-7,16,19H,3-5,8-15,17H2,1-2H3. The zero-order valence-electron chi connectivity index (χ0n) is 17.3. The zero-order chi connectivity index (χ0) is 19.8. The number of piperidine rings is 1. The molecule has 2 heterocycles. The Balaban J connectivity index is 1.70. The van der Waals surface area contributed by atoms with Crippen LogP contribution >= 0.6 is 0 Å². The number of nitrogens with zero attached hydrogens (tertiary/aromatic N) is 2. The molecular weight excluding hydrogens is 356 g/mol. The highest BCUT2D eigenvalue weighted by atomic mass is 16.5. The van der Waals surface area contributed by atoms with Gasteiger partial charge in [0.15, 0.2) is 0 Å². The Morgan fingerprint density at radius 3 is 2.57 bits per heavy atom. The van der Waals surface area contributed by atoms with Crippen molar-refractivity contribution in [2.75, 3.05) is 53.6 Å². The fraction of sp³-hybridized carbons (Fsp3) is 0.682. The predicted octanol–water partition coefficient (Wildman–Crippen LogP) is 2.74. The number of carbonyl (C=O) groups excluding carboxylic acids is 1. The summed E-state index contributed by atoms with van der Waals surface area (Å²) in [5.74, 6) is 1.64. The lowest BCUT2D eigenvalue weighted by molar-refractivity contribution is -0.135. The number of amides is 1. The van der Waals surface area contributed by atoms with Crippen LogP contribution in [0.25, 0.3) is 0 Å². The van der Waals surface area contributed by atoms with Crippen molar-refractivity contribution in [1.29, 1.82) is 0 Å². The molecule has 2 aliphatic rings. The fourth-order valence-corrected chi connectivity index (χ4v) is 4.22. The molecule has 6 nitrogen and oxygen atoms in total. The van der Waals surface area contributed by atoms with Crippen LogP contribution in [0.15, 0.2) is 18.2 Å². The fourth-order valence-electron chi connectivity index (χ4n) is 4.22. The minimum absolute atomic E-state index is 0.162. The van der Waals surface area contributed by atoms with Gasteiger partial charge >= 0.3 is 0 Å². The van der Waals surface area contributed by atoms with Gasteiger partial charge in [0.05, 0.1) is 20.6 Å². The van der Waals surface area contributed by atoms with Crippen LogP contribution in [0.1, 0.15) is 37.7 Å². The van der Waals surface area contributed by atoms with E-state index >= 15 is 0 Å². The molecule has 1 aromatic carbocycles. The minimum Gasteiger partial charge on any atom is -0.497 e. The van der Waals surface area contributed by atoms with E-state index in [0.717, 1.165) is 69.3 Å². The summed E-state index contributed by atoms with van der Waals surface area (Å²) in [4.78, 5) is 17.9. The van der Waals surface area contributed by atoms with Gasteiger partial charge in [-0.15, -0.1) is 0 Å². The molecule has 0 saturated carbocycles. The second kappa shape index (κ2) is 10.7. The molecule has 0 N–H and O–H groups in total. The Hall–Kier alpha value is -1.79. The first-order chi connectivity index (χ1) is 13.7. The zero-order valence-corrected chi connectivity index (χ0v) is 17.3. The van der Waals surface area contributed by atoms with E-state index in [2.05, 4.69) is 9.80 Å². The van der Waals surface area contributed by atoms with Gasteiger partial charge in [0, 0.05) is 37.9 Å². The maximum Gasteiger partial charge on any atom is 0.227 e. The number of hydrogen-bond acceptors (Lipinski definition) is 5. The number of rotatable bonds is 8. The summed E-state index contributed by atoms with van der Waals surface area (Å²) in [5.41, 5.74) is 0.877. The van der Waals surface area contributed by atoms with E-state index in [1.807, 2.05) is 18.2 Å². The SMILES string of the molecule is COc1ccc(OC)c(CC(=O)N(CCN2CCCCC2)C2CCOCC2)c1. The smallest absolute Gasteiger partial charge is 0.227 e. The second-order valence-electron chi connectivity index (χ2n) is 7.69. The molecule has 1 amide bonds. The van der Waals surface area contributed by atoms with Crippen LogP contribution in [0.2, 0.25) is 0 Å². The first-order valence-corrected chi connectivity index (χ1v) is 10.5. The predicted molar refractivity (Wildman–Crippen MR) is 109 cm³/mol. The second-order valence-corrected chi connectivity index (χ2v) is 7.69. The molecular formula is C22H34N2O4. The lowest BCUT2D eigenvalue weighted by Crippen LogP contribution is -2.48. The van der Waals surface area contributed by atoms with Gasteiger partial charge in [-0.05, 0) is 57.0 Å². The summed E-state index contributed by atoms with van der Waals surface area (Å²) in [6, 6.07) is 5.90. The molecule has 3 rings (SSSR count). The monoisotopic (exact) mass is 390 g/mol. The van der Waals surface area contributed by atoms with Gasteiger partial charge in [-0.2, -0.15) is 0 Å². The highest BCUT2D eigenvalue weighted by molar-refractivity contribution is 5.80. The number of ether oxygens (including phenoxy) is 3. The van der Waals surface area contributed by atoms with E-state index in [4.69, 9.17) is 14.2 Å². The van der Waals surface area contributed by atoms with Crippen molar-refractivity contribution in [3.63, 3.8) is 0 Å². The Bertz CT molecular complexity index is 625. The Morgan fingerprint density at radius 1 is 1.14 bits per heavy atom. The summed E-state index contributed by atoms with van der Waals surface area (Å²) in [6.07, 6.45) is 6.03. The number of benzene rings is 1. The van der Waals surface area contributed by atoms with E-state index in [9.17, 15) is 4.79 Å². The van der Waals surface area contributed by atoms with Crippen molar-refractivity contribution in [2.45, 2.75) is 44.6 Å². The van der Waals surface area contributed by atoms with Gasteiger partial charge in [-0.25, -0.2) is 0 Å². The molecule has 0 bridgehead atoms. The quantitative estimate of drug-likeness (QED) is 0.683. The molecule has 1 aromatic rings. The maximum absolute atomic E-state index is 13.3. The molecule has 0 spiro atoms. The average Bonchev–Trinajstić information content (AvgIpc) is 2.75. The molecule has 2 saturated heterocycles. The van der Waals surface area contributed by atoms with Crippen LogP contribution in [0, 0.1) is 0 Å². The summed E-state index contributed by atoms with van der Waals surface area (Å²) in [5, 5.41) is 0. The number of hydrogen-bond donors (Lipinski definition) is 0. The average molecular weight is 391 g/mol. The van der Waals surface area contributed by atoms with Crippen LogP contribution in [0.5, 0.6) is 11.5 Å². The van der Waals surface area contributed by atoms with E-state index in [-0.39, 0.29) is 11.9 Å². The summed E-state index contributed by atoms with van der Waals surface area (Å²) >= 11 is 0. The van der Waals surface area contributed by atoms with Crippen LogP contribution in [0.3, 0.4) is 0 Å². The van der Waals surface area contributed by atoms with Crippen molar-refractivity contribution >= 4 is 5.91 Å². The maximum atomic E-state index is 13.3. The largest absolute Gasteiger partial charge is 0.497 e. The lowest BCUT2D eigenvalue weighted by atomic mass is 10.0. The topological polar surface area (TPSA) is 51.2 Å². The summed E-state index contributed by atoms with van der Waals surface area (Å²) in [6.45, 7) is 5.52. The third kappa shape index (κ3) is 5.61. The first-order valence-electron chi connectivity index (χ1n) is 10.5. The van der Waals surface area contributed by atoms with Crippen LogP contribution in [-0.2, 0) is 16.0 Å². The van der Waals surface area contributed by atoms with Crippen LogP contribution in [0.4, 0.5) is 0 Å². The third-order valence-corrected chi connectivity index (χ3v) is 5.89. The number of methoxy groups -OCH3 is 2. The minimum atomic E-state index is 0.162. The van der Waals surface area contributed by atoms with Gasteiger partial charge in [-0.3, -0.25) is 4.79 Å². The number of likely N-dealkylation sites (tertiary alicyclic amines) is 1. The normalized spacial score (nSPS) is 18.6. The van der Waals surface area contributed by atoms with E-state index in [1.54, 1.807) is 14.2 Å². The van der Waals surface area contributed by atoms with Crippen molar-refractivity contribution in [3.8, 4) is 11.5 Å². The van der Waals surface area contributed by atoms with Crippen molar-refractivity contribution < 1.29 is 19.0 Å². The van der Waals surface area contributed by atoms with Gasteiger partial charge in [0.25, 0.3) is 0 Å². The summed E-state index contributed by atoms with van der Waals surface area (Å²) < 4.78 is 16.3. The van der Waals surface area contributed by atoms with Crippen LogP contribution < -0.4 is 9.47 Å². The molecule has 156 valence electrons. The third-order valence-electron chi connectivity index (χ3n) is 5.89. The first kappa shape index (κ1) is 20.9. The van der Waals surface area contributed by atoms with Crippen molar-refractivity contribution in [1.82, 2.24) is 9.80 Å². The van der Waals surface area contributed by atoms with Crippen molar-refractivity contribution in [2.24, 2.45) is 0 Å². The summed E-state index contributed by atoms with van der Waals surface area (Å²) in [7, 11) is 3.28. The van der Waals surface area contributed by atoms with Gasteiger partial charge in [0.1, 0.15) is 11.5 Å². The van der Waals surface area contributed by atoms with E-state index < -0.39 is 0 Å². The lowest BCUT2D eigenvalue weighted by Gasteiger charge is -2.36. The molecule has 0 unspecified atom stereocenters. The molecule has 2 fully saturated rings. The molecule has 28 heavy (non-hydrogen) atoms. The van der Waals surface area contributed by atoms with Crippen LogP contribution in [-0.4, -0.2) is 75.4 Å². The Kier molecular flexibility index (Phi) is 7.98. The Labute approximate surface area is 168 Å². The number of carbonyl (C=O) groups is 1. The molecule has 0 radical (unpaired) electrons. The molecule has 2 aliphatic heterocycles. The van der Waals surface area contributed by atoms with Gasteiger partial charge < -0.3 is 24.0 Å². The van der Waals surface area contributed by atoms with Gasteiger partial charge in [0.2, 0.25) is 5.91 Å². The molecule has 6 heteroatoms. The van der Waals surface area contributed by atoms with Crippen molar-refractivity contribution in [3.05, 3.63) is 23.8 Å². The van der Waals surface area contributed by atoms with E-state index in [0.29, 0.717) is 6.42 Å². The van der Waals surface area contributed by atoms with E-state index in [1.165, 1.54) is 19.3 Å². The molecule has 0 aromatic heterocycles. The molecule has 0 aliphatic carbocycles. The Morgan fingerprint density at radius 2 is 1.89 bits per heavy atom. The van der Waals surface area contributed by atoms with Gasteiger partial charge in [-0.1, -0.05) is 6.42 Å². The highest BCUT2D eigenvalue weighted by Gasteiger charge is 2.27. The molecule has 0 atom stereocenters.